The zero-order chi connectivity index (χ0) is 19.3. The second-order valence-electron chi connectivity index (χ2n) is 8.55. The van der Waals surface area contributed by atoms with E-state index in [1.165, 1.54) is 21.5 Å². The predicted molar refractivity (Wildman–Crippen MR) is 121 cm³/mol. The maximum atomic E-state index is 6.52. The van der Waals surface area contributed by atoms with Crippen molar-refractivity contribution in [3.63, 3.8) is 0 Å². The van der Waals surface area contributed by atoms with Crippen molar-refractivity contribution in [2.75, 3.05) is 0 Å². The van der Waals surface area contributed by atoms with Crippen molar-refractivity contribution in [1.29, 1.82) is 0 Å². The van der Waals surface area contributed by atoms with E-state index in [0.717, 1.165) is 28.1 Å². The Kier molecular flexibility index (Phi) is 4.00. The molecule has 28 heavy (non-hydrogen) atoms. The highest BCUT2D eigenvalue weighted by Gasteiger charge is 2.17. The summed E-state index contributed by atoms with van der Waals surface area (Å²) in [5.74, 6) is 0. The molecule has 0 saturated heterocycles. The van der Waals surface area contributed by atoms with Gasteiger partial charge in [-0.15, -0.1) is 0 Å². The Morgan fingerprint density at radius 2 is 1.11 bits per heavy atom. The normalized spacial score (nSPS) is 12.2. The molecule has 0 bridgehead atoms. The van der Waals surface area contributed by atoms with E-state index in [1.807, 2.05) is 0 Å². The maximum absolute atomic E-state index is 6.52. The Hall–Kier alpha value is -2.70. The highest BCUT2D eigenvalue weighted by atomic mass is 31.1. The van der Waals surface area contributed by atoms with Crippen molar-refractivity contribution >= 4 is 51.5 Å². The van der Waals surface area contributed by atoms with Gasteiger partial charge in [-0.1, -0.05) is 81.4 Å². The second-order valence-corrected chi connectivity index (χ2v) is 9.90. The van der Waals surface area contributed by atoms with E-state index in [4.69, 9.17) is 8.39 Å². The zero-order valence-corrected chi connectivity index (χ0v) is 17.3. The van der Waals surface area contributed by atoms with E-state index in [1.54, 1.807) is 0 Å². The average molecular weight is 386 g/mol. The average Bonchev–Trinajstić information content (AvgIpc) is 2.82. The summed E-state index contributed by atoms with van der Waals surface area (Å²) in [7, 11) is -1.07. The Morgan fingerprint density at radius 1 is 0.643 bits per heavy atom. The van der Waals surface area contributed by atoms with Gasteiger partial charge in [0, 0.05) is 10.8 Å². The van der Waals surface area contributed by atoms with Crippen molar-refractivity contribution in [2.24, 2.45) is 5.41 Å². The molecule has 1 aromatic heterocycles. The van der Waals surface area contributed by atoms with E-state index in [-0.39, 0.29) is 5.41 Å². The molecular weight excluding hydrogens is 363 g/mol. The van der Waals surface area contributed by atoms with Gasteiger partial charge in [0.05, 0.1) is 6.16 Å². The molecule has 0 aliphatic carbocycles. The summed E-state index contributed by atoms with van der Waals surface area (Å²) in [5, 5.41) is 7.12. The standard InChI is InChI=1S/C25H23O2P/c1-25(2,3)16-28-26-21-14-12-17-8-4-6-10-19(17)23(21)24-20-11-7-5-9-18(20)13-15-22(24)27-28/h4-15H,16H2,1-3H3. The molecule has 0 fully saturated rings. The minimum Gasteiger partial charge on any atom is -0.419 e. The van der Waals surface area contributed by atoms with Crippen LogP contribution in [0.1, 0.15) is 20.8 Å². The molecular formula is C25H23O2P. The van der Waals surface area contributed by atoms with Crippen LogP contribution in [-0.4, -0.2) is 0 Å². The minimum atomic E-state index is -1.07. The van der Waals surface area contributed by atoms with Crippen molar-refractivity contribution in [1.82, 2.24) is 0 Å². The third kappa shape index (κ3) is 2.99. The summed E-state index contributed by atoms with van der Waals surface area (Å²) in [6.07, 6.45) is 0.876. The molecule has 140 valence electrons. The number of rotatable bonds is 1. The monoisotopic (exact) mass is 386 g/mol. The van der Waals surface area contributed by atoms with Crippen molar-refractivity contribution in [2.45, 2.75) is 26.9 Å². The van der Waals surface area contributed by atoms with Crippen LogP contribution in [0.2, 0.25) is 0 Å². The van der Waals surface area contributed by atoms with Crippen LogP contribution in [0.5, 0.6) is 0 Å². The first-order valence-corrected chi connectivity index (χ1v) is 11.0. The summed E-state index contributed by atoms with van der Waals surface area (Å²) in [5.41, 5.74) is 1.97. The van der Waals surface area contributed by atoms with Crippen LogP contribution in [0, 0.1) is 5.41 Å². The van der Waals surface area contributed by atoms with Gasteiger partial charge in [0.15, 0.2) is 0 Å². The molecule has 1 heterocycles. The number of benzene rings is 4. The summed E-state index contributed by atoms with van der Waals surface area (Å²) in [6.45, 7) is 6.70. The fourth-order valence-corrected chi connectivity index (χ4v) is 5.54. The summed E-state index contributed by atoms with van der Waals surface area (Å²) in [6, 6.07) is 25.5. The van der Waals surface area contributed by atoms with E-state index in [2.05, 4.69) is 93.6 Å². The molecule has 5 rings (SSSR count). The van der Waals surface area contributed by atoms with Crippen molar-refractivity contribution in [3.05, 3.63) is 72.8 Å². The van der Waals surface area contributed by atoms with Crippen molar-refractivity contribution < 1.29 is 8.39 Å². The SMILES string of the molecule is CC(C)(C)Cp1oc2ccc3ccccc3c2c2c(ccc3ccccc32)o1. The summed E-state index contributed by atoms with van der Waals surface area (Å²) in [4.78, 5) is 0. The molecule has 4 aromatic carbocycles. The lowest BCUT2D eigenvalue weighted by Crippen LogP contribution is -2.03. The maximum Gasteiger partial charge on any atom is 0.217 e. The van der Waals surface area contributed by atoms with Gasteiger partial charge in [-0.05, 0) is 39.1 Å². The van der Waals surface area contributed by atoms with E-state index in [9.17, 15) is 0 Å². The van der Waals surface area contributed by atoms with E-state index >= 15 is 0 Å². The highest BCUT2D eigenvalue weighted by Crippen LogP contribution is 2.44. The van der Waals surface area contributed by atoms with Crippen LogP contribution in [0.4, 0.5) is 0 Å². The predicted octanol–water partition coefficient (Wildman–Crippen LogP) is 8.64. The van der Waals surface area contributed by atoms with Gasteiger partial charge >= 0.3 is 0 Å². The Balaban J connectivity index is 2.07. The Bertz CT molecular complexity index is 1280. The van der Waals surface area contributed by atoms with E-state index < -0.39 is 8.01 Å². The molecule has 5 aromatic rings. The Labute approximate surface area is 165 Å². The molecule has 2 nitrogen and oxygen atoms in total. The lowest BCUT2D eigenvalue weighted by Gasteiger charge is -2.15. The molecule has 0 amide bonds. The molecule has 0 saturated carbocycles. The second kappa shape index (κ2) is 6.43. The van der Waals surface area contributed by atoms with Gasteiger partial charge in [-0.2, -0.15) is 0 Å². The first-order valence-electron chi connectivity index (χ1n) is 9.67. The van der Waals surface area contributed by atoms with Gasteiger partial charge in [0.2, 0.25) is 8.01 Å². The van der Waals surface area contributed by atoms with Gasteiger partial charge in [-0.25, -0.2) is 0 Å². The topological polar surface area (TPSA) is 26.3 Å². The minimum absolute atomic E-state index is 0.129. The first kappa shape index (κ1) is 17.4. The fourth-order valence-electron chi connectivity index (χ4n) is 3.86. The Morgan fingerprint density at radius 3 is 1.57 bits per heavy atom. The van der Waals surface area contributed by atoms with Crippen LogP contribution < -0.4 is 0 Å². The molecule has 0 spiro atoms. The molecule has 0 N–H and O–H groups in total. The molecule has 0 aliphatic rings. The lowest BCUT2D eigenvalue weighted by molar-refractivity contribution is 0.429. The van der Waals surface area contributed by atoms with E-state index in [0.29, 0.717) is 0 Å². The molecule has 0 aliphatic heterocycles. The number of hydrogen-bond acceptors (Lipinski definition) is 2. The van der Waals surface area contributed by atoms with Crippen LogP contribution in [0.15, 0.2) is 81.2 Å². The quantitative estimate of drug-likeness (QED) is 0.288. The van der Waals surface area contributed by atoms with Crippen molar-refractivity contribution in [3.8, 4) is 0 Å². The third-order valence-corrected chi connectivity index (χ3v) is 7.04. The van der Waals surface area contributed by atoms with Crippen LogP contribution in [-0.2, 0) is 6.16 Å². The van der Waals surface area contributed by atoms with Crippen LogP contribution >= 0.6 is 8.01 Å². The number of fused-ring (bicyclic) bond motifs is 7. The molecule has 0 radical (unpaired) electrons. The molecule has 0 atom stereocenters. The van der Waals surface area contributed by atoms with Gasteiger partial charge in [0.1, 0.15) is 11.2 Å². The van der Waals surface area contributed by atoms with Gasteiger partial charge < -0.3 is 8.39 Å². The summed E-state index contributed by atoms with van der Waals surface area (Å²) < 4.78 is 13.0. The van der Waals surface area contributed by atoms with Gasteiger partial charge in [-0.3, -0.25) is 0 Å². The lowest BCUT2D eigenvalue weighted by atomic mass is 9.99. The number of hydrogen-bond donors (Lipinski definition) is 0. The zero-order valence-electron chi connectivity index (χ0n) is 16.4. The fraction of sp³-hybridized carbons (Fsp3) is 0.200. The van der Waals surface area contributed by atoms with Crippen LogP contribution in [0.25, 0.3) is 43.5 Å². The smallest absolute Gasteiger partial charge is 0.217 e. The van der Waals surface area contributed by atoms with Crippen LogP contribution in [0.3, 0.4) is 0 Å². The molecule has 0 unspecified atom stereocenters. The third-order valence-electron chi connectivity index (χ3n) is 5.04. The summed E-state index contributed by atoms with van der Waals surface area (Å²) >= 11 is 0. The van der Waals surface area contributed by atoms with Gasteiger partial charge in [0.25, 0.3) is 0 Å². The highest BCUT2D eigenvalue weighted by molar-refractivity contribution is 7.36. The first-order chi connectivity index (χ1) is 13.5. The largest absolute Gasteiger partial charge is 0.419 e. The molecule has 3 heteroatoms.